The van der Waals surface area contributed by atoms with Crippen molar-refractivity contribution < 1.29 is 9.18 Å². The van der Waals surface area contributed by atoms with Crippen molar-refractivity contribution in [2.24, 2.45) is 0 Å². The van der Waals surface area contributed by atoms with Crippen LogP contribution >= 0.6 is 11.8 Å². The predicted molar refractivity (Wildman–Crippen MR) is 120 cm³/mol. The number of halogens is 1. The maximum Gasteiger partial charge on any atom is 0.230 e. The monoisotopic (exact) mass is 432 g/mol. The van der Waals surface area contributed by atoms with Gasteiger partial charge in [-0.15, -0.1) is 10.2 Å². The van der Waals surface area contributed by atoms with Gasteiger partial charge >= 0.3 is 0 Å². The van der Waals surface area contributed by atoms with E-state index in [1.807, 2.05) is 37.3 Å². The van der Waals surface area contributed by atoms with Crippen LogP contribution in [0, 0.1) is 5.82 Å². The van der Waals surface area contributed by atoms with Crippen LogP contribution in [-0.4, -0.2) is 26.4 Å². The van der Waals surface area contributed by atoms with E-state index in [9.17, 15) is 9.18 Å². The maximum absolute atomic E-state index is 14.1. The van der Waals surface area contributed by atoms with E-state index < -0.39 is 0 Å². The molecule has 4 rings (SSSR count). The quantitative estimate of drug-likeness (QED) is 0.416. The van der Waals surface area contributed by atoms with Crippen LogP contribution in [0.1, 0.15) is 18.5 Å². The third-order valence-electron chi connectivity index (χ3n) is 4.86. The zero-order valence-corrected chi connectivity index (χ0v) is 17.7. The first-order chi connectivity index (χ1) is 15.1. The fourth-order valence-corrected chi connectivity index (χ4v) is 3.96. The Hall–Kier alpha value is -3.45. The molecule has 0 fully saturated rings. The molecule has 7 heteroatoms. The number of thioether (sulfide) groups is 1. The standard InChI is InChI=1S/C24H21FN4OS/c1-17(18-11-13-20(14-12-18)19-7-3-2-4-8-19)27-23(30)15-31-24-28-26-16-29(24)22-10-6-5-9-21(22)25/h2-14,16-17H,15H2,1H3,(H,27,30)/t17-/m1/s1. The largest absolute Gasteiger partial charge is 0.349 e. The highest BCUT2D eigenvalue weighted by Gasteiger charge is 2.14. The van der Waals surface area contributed by atoms with Crippen molar-refractivity contribution in [3.8, 4) is 16.8 Å². The molecule has 1 N–H and O–H groups in total. The smallest absolute Gasteiger partial charge is 0.230 e. The lowest BCUT2D eigenvalue weighted by atomic mass is 10.0. The average Bonchev–Trinajstić information content (AvgIpc) is 3.27. The number of carbonyl (C=O) groups excluding carboxylic acids is 1. The Labute approximate surface area is 184 Å². The Morgan fingerprint density at radius 3 is 2.42 bits per heavy atom. The molecular formula is C24H21FN4OS. The summed E-state index contributed by atoms with van der Waals surface area (Å²) in [4.78, 5) is 12.5. The van der Waals surface area contributed by atoms with E-state index in [2.05, 4.69) is 39.8 Å². The summed E-state index contributed by atoms with van der Waals surface area (Å²) in [6.07, 6.45) is 1.44. The third kappa shape index (κ3) is 5.00. The van der Waals surface area contributed by atoms with Crippen molar-refractivity contribution >= 4 is 17.7 Å². The van der Waals surface area contributed by atoms with E-state index in [1.165, 1.54) is 24.2 Å². The van der Waals surface area contributed by atoms with E-state index >= 15 is 0 Å². The van der Waals surface area contributed by atoms with Gasteiger partial charge in [0.05, 0.1) is 17.5 Å². The molecule has 0 aliphatic rings. The molecule has 3 aromatic carbocycles. The molecule has 1 amide bonds. The molecule has 0 unspecified atom stereocenters. The summed E-state index contributed by atoms with van der Waals surface area (Å²) in [5, 5.41) is 11.3. The normalized spacial score (nSPS) is 11.8. The summed E-state index contributed by atoms with van der Waals surface area (Å²) in [5.74, 6) is -0.353. The van der Waals surface area contributed by atoms with Crippen LogP contribution in [0.4, 0.5) is 4.39 Å². The number of hydrogen-bond donors (Lipinski definition) is 1. The molecule has 0 aliphatic heterocycles. The van der Waals surface area contributed by atoms with Crippen LogP contribution in [0.15, 0.2) is 90.3 Å². The van der Waals surface area contributed by atoms with E-state index in [0.717, 1.165) is 16.7 Å². The van der Waals surface area contributed by atoms with Crippen LogP contribution in [-0.2, 0) is 4.79 Å². The van der Waals surface area contributed by atoms with Gasteiger partial charge in [0.2, 0.25) is 5.91 Å². The predicted octanol–water partition coefficient (Wildman–Crippen LogP) is 5.04. The average molecular weight is 433 g/mol. The SMILES string of the molecule is C[C@@H](NC(=O)CSc1nncn1-c1ccccc1F)c1ccc(-c2ccccc2)cc1. The van der Waals surface area contributed by atoms with Crippen LogP contribution in [0.2, 0.25) is 0 Å². The van der Waals surface area contributed by atoms with Crippen LogP contribution < -0.4 is 5.32 Å². The van der Waals surface area contributed by atoms with Gasteiger partial charge in [0.1, 0.15) is 12.1 Å². The summed E-state index contributed by atoms with van der Waals surface area (Å²) >= 11 is 1.21. The lowest BCUT2D eigenvalue weighted by Crippen LogP contribution is -2.28. The van der Waals surface area contributed by atoms with E-state index in [1.54, 1.807) is 22.8 Å². The highest BCUT2D eigenvalue weighted by Crippen LogP contribution is 2.23. The van der Waals surface area contributed by atoms with Crippen molar-refractivity contribution in [1.29, 1.82) is 0 Å². The zero-order chi connectivity index (χ0) is 21.6. The van der Waals surface area contributed by atoms with Crippen LogP contribution in [0.5, 0.6) is 0 Å². The lowest BCUT2D eigenvalue weighted by molar-refractivity contribution is -0.119. The molecule has 5 nitrogen and oxygen atoms in total. The highest BCUT2D eigenvalue weighted by molar-refractivity contribution is 7.99. The molecule has 1 heterocycles. The summed E-state index contributed by atoms with van der Waals surface area (Å²) in [6, 6.07) is 24.5. The first-order valence-corrected chi connectivity index (χ1v) is 10.8. The van der Waals surface area contributed by atoms with Gasteiger partial charge in [-0.25, -0.2) is 4.39 Å². The fourth-order valence-electron chi connectivity index (χ4n) is 3.23. The molecular weight excluding hydrogens is 411 g/mol. The van der Waals surface area contributed by atoms with E-state index in [0.29, 0.717) is 10.8 Å². The summed E-state index contributed by atoms with van der Waals surface area (Å²) in [6.45, 7) is 1.95. The molecule has 0 saturated carbocycles. The Morgan fingerprint density at radius 1 is 1.00 bits per heavy atom. The number of carbonyl (C=O) groups is 1. The van der Waals surface area contributed by atoms with Crippen molar-refractivity contribution in [2.75, 3.05) is 5.75 Å². The molecule has 0 bridgehead atoms. The van der Waals surface area contributed by atoms with Gasteiger partial charge in [-0.05, 0) is 35.7 Å². The third-order valence-corrected chi connectivity index (χ3v) is 5.80. The molecule has 1 atom stereocenters. The second kappa shape index (κ2) is 9.57. The van der Waals surface area contributed by atoms with Crippen molar-refractivity contribution in [3.63, 3.8) is 0 Å². The summed E-state index contributed by atoms with van der Waals surface area (Å²) < 4.78 is 15.6. The molecule has 0 saturated heterocycles. The highest BCUT2D eigenvalue weighted by atomic mass is 32.2. The van der Waals surface area contributed by atoms with Crippen LogP contribution in [0.25, 0.3) is 16.8 Å². The number of rotatable bonds is 7. The van der Waals surface area contributed by atoms with Crippen molar-refractivity contribution in [2.45, 2.75) is 18.1 Å². The first-order valence-electron chi connectivity index (χ1n) is 9.84. The van der Waals surface area contributed by atoms with E-state index in [-0.39, 0.29) is 23.5 Å². The Bertz CT molecular complexity index is 1160. The molecule has 0 radical (unpaired) electrons. The minimum absolute atomic E-state index is 0.132. The van der Waals surface area contributed by atoms with Crippen molar-refractivity contribution in [3.05, 3.63) is 96.6 Å². The number of hydrogen-bond acceptors (Lipinski definition) is 4. The van der Waals surface area contributed by atoms with Crippen LogP contribution in [0.3, 0.4) is 0 Å². The summed E-state index contributed by atoms with van der Waals surface area (Å²) in [5.41, 5.74) is 3.65. The fraction of sp³-hybridized carbons (Fsp3) is 0.125. The number of amides is 1. The topological polar surface area (TPSA) is 59.8 Å². The molecule has 0 spiro atoms. The Kier molecular flexibility index (Phi) is 6.43. The molecule has 31 heavy (non-hydrogen) atoms. The molecule has 156 valence electrons. The van der Waals surface area contributed by atoms with Gasteiger partial charge in [0.15, 0.2) is 5.16 Å². The molecule has 4 aromatic rings. The first kappa shape index (κ1) is 20.8. The van der Waals surface area contributed by atoms with E-state index in [4.69, 9.17) is 0 Å². The summed E-state index contributed by atoms with van der Waals surface area (Å²) in [7, 11) is 0. The number of benzene rings is 3. The van der Waals surface area contributed by atoms with Crippen molar-refractivity contribution in [1.82, 2.24) is 20.1 Å². The van der Waals surface area contributed by atoms with Gasteiger partial charge in [-0.1, -0.05) is 78.5 Å². The number of para-hydroxylation sites is 1. The number of nitrogens with zero attached hydrogens (tertiary/aromatic N) is 3. The van der Waals surface area contributed by atoms with Gasteiger partial charge in [0, 0.05) is 0 Å². The second-order valence-electron chi connectivity index (χ2n) is 7.00. The number of nitrogens with one attached hydrogen (secondary N) is 1. The zero-order valence-electron chi connectivity index (χ0n) is 16.9. The van der Waals surface area contributed by atoms with Gasteiger partial charge < -0.3 is 5.32 Å². The molecule has 0 aliphatic carbocycles. The maximum atomic E-state index is 14.1. The Morgan fingerprint density at radius 2 is 1.68 bits per heavy atom. The number of aromatic nitrogens is 3. The second-order valence-corrected chi connectivity index (χ2v) is 7.94. The minimum Gasteiger partial charge on any atom is -0.349 e. The van der Waals surface area contributed by atoms with Gasteiger partial charge in [-0.2, -0.15) is 0 Å². The molecule has 1 aromatic heterocycles. The lowest BCUT2D eigenvalue weighted by Gasteiger charge is -2.15. The Balaban J connectivity index is 1.36. The van der Waals surface area contributed by atoms with Gasteiger partial charge in [-0.3, -0.25) is 9.36 Å². The minimum atomic E-state index is -0.374. The van der Waals surface area contributed by atoms with Gasteiger partial charge in [0.25, 0.3) is 0 Å².